The van der Waals surface area contributed by atoms with E-state index in [0.717, 1.165) is 37.9 Å². The maximum absolute atomic E-state index is 12.3. The third-order valence-electron chi connectivity index (χ3n) is 6.68. The third kappa shape index (κ3) is 6.11. The van der Waals surface area contributed by atoms with Crippen molar-refractivity contribution in [1.29, 1.82) is 0 Å². The molecule has 37 heavy (non-hydrogen) atoms. The van der Waals surface area contributed by atoms with Crippen molar-refractivity contribution in [3.8, 4) is 11.5 Å². The minimum Gasteiger partial charge on any atom is -0.493 e. The molecule has 0 spiro atoms. The summed E-state index contributed by atoms with van der Waals surface area (Å²) in [5.41, 5.74) is 15.0. The fourth-order valence-electron chi connectivity index (χ4n) is 4.77. The van der Waals surface area contributed by atoms with E-state index < -0.39 is 5.91 Å². The molecule has 1 fully saturated rings. The number of amides is 1. The minimum absolute atomic E-state index is 0.158. The van der Waals surface area contributed by atoms with Crippen molar-refractivity contribution >= 4 is 28.2 Å². The fraction of sp³-hybridized carbons (Fsp3) is 0.407. The monoisotopic (exact) mass is 509 g/mol. The van der Waals surface area contributed by atoms with Crippen molar-refractivity contribution in [3.05, 3.63) is 53.2 Å². The van der Waals surface area contributed by atoms with Gasteiger partial charge in [-0.3, -0.25) is 9.78 Å². The molecule has 0 radical (unpaired) electrons. The van der Waals surface area contributed by atoms with Crippen LogP contribution in [0, 0.1) is 0 Å². The number of hydrogen-bond donors (Lipinski definition) is 5. The van der Waals surface area contributed by atoms with Crippen molar-refractivity contribution in [2.75, 3.05) is 38.7 Å². The number of hydrogen-bond acceptors (Lipinski definition) is 9. The van der Waals surface area contributed by atoms with E-state index >= 15 is 0 Å². The molecular formula is C27H35N5O5. The van der Waals surface area contributed by atoms with Crippen LogP contribution in [-0.2, 0) is 13.2 Å². The maximum Gasteiger partial charge on any atom is 0.252 e. The number of nitrogens with one attached hydrogen (secondary N) is 1. The first-order valence-corrected chi connectivity index (χ1v) is 12.5. The zero-order chi connectivity index (χ0) is 26.4. The predicted molar refractivity (Wildman–Crippen MR) is 142 cm³/mol. The molecule has 0 aliphatic carbocycles. The second-order valence-electron chi connectivity index (χ2n) is 9.16. The summed E-state index contributed by atoms with van der Waals surface area (Å²) < 4.78 is 11.7. The van der Waals surface area contributed by atoms with Gasteiger partial charge in [-0.05, 0) is 49.1 Å². The summed E-state index contributed by atoms with van der Waals surface area (Å²) in [6, 6.07) is 8.98. The number of ether oxygens (including phenoxy) is 2. The van der Waals surface area contributed by atoms with Crippen LogP contribution in [0.25, 0.3) is 10.9 Å². The fourth-order valence-corrected chi connectivity index (χ4v) is 4.77. The van der Waals surface area contributed by atoms with Gasteiger partial charge in [-0.2, -0.15) is 0 Å². The lowest BCUT2D eigenvalue weighted by Crippen LogP contribution is -2.39. The zero-order valence-corrected chi connectivity index (χ0v) is 21.1. The summed E-state index contributed by atoms with van der Waals surface area (Å²) >= 11 is 0. The highest BCUT2D eigenvalue weighted by Gasteiger charge is 2.19. The molecule has 1 saturated heterocycles. The van der Waals surface area contributed by atoms with E-state index in [1.54, 1.807) is 31.4 Å². The predicted octanol–water partition coefficient (Wildman–Crippen LogP) is 2.26. The minimum atomic E-state index is -0.633. The number of piperidine rings is 1. The number of nitrogens with zero attached hydrogens (tertiary/aromatic N) is 2. The summed E-state index contributed by atoms with van der Waals surface area (Å²) in [6.45, 7) is 3.06. The molecule has 1 amide bonds. The van der Waals surface area contributed by atoms with E-state index in [1.807, 2.05) is 6.07 Å². The lowest BCUT2D eigenvalue weighted by atomic mass is 10.0. The van der Waals surface area contributed by atoms with Crippen LogP contribution in [-0.4, -0.2) is 65.5 Å². The largest absolute Gasteiger partial charge is 0.493 e. The van der Waals surface area contributed by atoms with Gasteiger partial charge >= 0.3 is 0 Å². The first-order chi connectivity index (χ1) is 17.9. The number of benzene rings is 2. The third-order valence-corrected chi connectivity index (χ3v) is 6.68. The van der Waals surface area contributed by atoms with Gasteiger partial charge in [0, 0.05) is 43.0 Å². The van der Waals surface area contributed by atoms with Crippen molar-refractivity contribution in [2.24, 2.45) is 11.5 Å². The number of primary amides is 1. The summed E-state index contributed by atoms with van der Waals surface area (Å²) in [5.74, 6) is 0.408. The van der Waals surface area contributed by atoms with E-state index in [1.165, 1.54) is 6.20 Å². The Morgan fingerprint density at radius 1 is 1.30 bits per heavy atom. The SMILES string of the molecule is COc1cc2c(Nc3cccc(CO)c3CN)c(C(N)=O)cnc2cc1OCCCN1CCCC(O)C1. The van der Waals surface area contributed by atoms with Gasteiger partial charge in [0.1, 0.15) is 0 Å². The van der Waals surface area contributed by atoms with Gasteiger partial charge < -0.3 is 41.4 Å². The van der Waals surface area contributed by atoms with Crippen LogP contribution in [0.3, 0.4) is 0 Å². The topological polar surface area (TPSA) is 156 Å². The van der Waals surface area contributed by atoms with Crippen LogP contribution < -0.4 is 26.3 Å². The molecule has 0 saturated carbocycles. The van der Waals surface area contributed by atoms with Crippen LogP contribution in [0.15, 0.2) is 36.5 Å². The number of likely N-dealkylation sites (tertiary alicyclic amines) is 1. The van der Waals surface area contributed by atoms with Crippen molar-refractivity contribution in [3.63, 3.8) is 0 Å². The van der Waals surface area contributed by atoms with Crippen LogP contribution in [0.4, 0.5) is 11.4 Å². The Labute approximate surface area is 216 Å². The van der Waals surface area contributed by atoms with E-state index in [9.17, 15) is 15.0 Å². The molecule has 0 bridgehead atoms. The summed E-state index contributed by atoms with van der Waals surface area (Å²) in [5, 5.41) is 23.5. The number of aromatic nitrogens is 1. The van der Waals surface area contributed by atoms with Crippen molar-refractivity contribution in [2.45, 2.75) is 38.5 Å². The number of anilines is 2. The molecular weight excluding hydrogens is 474 g/mol. The number of pyridine rings is 1. The van der Waals surface area contributed by atoms with Crippen LogP contribution >= 0.6 is 0 Å². The van der Waals surface area contributed by atoms with Gasteiger partial charge in [0.2, 0.25) is 0 Å². The Kier molecular flexibility index (Phi) is 8.78. The van der Waals surface area contributed by atoms with E-state index in [-0.39, 0.29) is 24.8 Å². The zero-order valence-electron chi connectivity index (χ0n) is 21.1. The van der Waals surface area contributed by atoms with Gasteiger partial charge in [-0.25, -0.2) is 0 Å². The molecule has 1 aliphatic rings. The van der Waals surface area contributed by atoms with Gasteiger partial charge in [0.25, 0.3) is 5.91 Å². The van der Waals surface area contributed by atoms with Gasteiger partial charge in [0.15, 0.2) is 11.5 Å². The molecule has 1 atom stereocenters. The Morgan fingerprint density at radius 3 is 2.84 bits per heavy atom. The van der Waals surface area contributed by atoms with E-state index in [4.69, 9.17) is 20.9 Å². The normalized spacial score (nSPS) is 16.1. The summed E-state index contributed by atoms with van der Waals surface area (Å²) in [7, 11) is 1.55. The highest BCUT2D eigenvalue weighted by atomic mass is 16.5. The summed E-state index contributed by atoms with van der Waals surface area (Å²) in [4.78, 5) is 19.0. The Morgan fingerprint density at radius 2 is 2.14 bits per heavy atom. The highest BCUT2D eigenvalue weighted by Crippen LogP contribution is 2.38. The lowest BCUT2D eigenvalue weighted by Gasteiger charge is -2.29. The van der Waals surface area contributed by atoms with Gasteiger partial charge in [-0.15, -0.1) is 0 Å². The average molecular weight is 510 g/mol. The molecule has 2 heterocycles. The molecule has 4 rings (SSSR count). The Hall–Kier alpha value is -3.44. The number of carbonyl (C=O) groups excluding carboxylic acids is 1. The molecule has 3 aromatic rings. The highest BCUT2D eigenvalue weighted by molar-refractivity contribution is 6.08. The molecule has 1 aliphatic heterocycles. The van der Waals surface area contributed by atoms with Gasteiger partial charge in [-0.1, -0.05) is 12.1 Å². The number of methoxy groups -OCH3 is 1. The number of aliphatic hydroxyl groups is 2. The number of aliphatic hydroxyl groups excluding tert-OH is 2. The number of nitrogens with two attached hydrogens (primary N) is 2. The molecule has 198 valence electrons. The quantitative estimate of drug-likeness (QED) is 0.245. The molecule has 7 N–H and O–H groups in total. The first-order valence-electron chi connectivity index (χ1n) is 12.5. The molecule has 1 aromatic heterocycles. The lowest BCUT2D eigenvalue weighted by molar-refractivity contribution is 0.0678. The second kappa shape index (κ2) is 12.2. The molecule has 10 nitrogen and oxygen atoms in total. The van der Waals surface area contributed by atoms with Crippen LogP contribution in [0.2, 0.25) is 0 Å². The molecule has 2 aromatic carbocycles. The Bertz CT molecular complexity index is 1250. The molecule has 1 unspecified atom stereocenters. The number of fused-ring (bicyclic) bond motifs is 1. The van der Waals surface area contributed by atoms with Crippen LogP contribution in [0.1, 0.15) is 40.7 Å². The van der Waals surface area contributed by atoms with E-state index in [2.05, 4.69) is 15.2 Å². The molecule has 10 heteroatoms. The number of rotatable bonds is 11. The summed E-state index contributed by atoms with van der Waals surface area (Å²) in [6.07, 6.45) is 3.86. The smallest absolute Gasteiger partial charge is 0.252 e. The Balaban J connectivity index is 1.61. The van der Waals surface area contributed by atoms with Crippen LogP contribution in [0.5, 0.6) is 11.5 Å². The van der Waals surface area contributed by atoms with Gasteiger partial charge in [0.05, 0.1) is 43.2 Å². The number of carbonyl (C=O) groups is 1. The maximum atomic E-state index is 12.3. The van der Waals surface area contributed by atoms with Crippen molar-refractivity contribution < 1.29 is 24.5 Å². The second-order valence-corrected chi connectivity index (χ2v) is 9.16. The standard InChI is InChI=1S/C27H35N5O5/c1-36-24-11-19-23(12-25(24)37-10-4-9-32-8-3-6-18(34)15-32)30-14-21(27(29)35)26(19)31-22-7-2-5-17(16-33)20(22)13-28/h2,5,7,11-12,14,18,33-34H,3-4,6,8-10,13,15-16,28H2,1H3,(H2,29,35)(H,30,31). The van der Waals surface area contributed by atoms with E-state index in [0.29, 0.717) is 52.5 Å². The number of β-amino-alcohol motifs (C(OH)–C–C–N with tert-alkyl or cyclic N) is 1. The first kappa shape index (κ1) is 26.6. The van der Waals surface area contributed by atoms with Crippen molar-refractivity contribution in [1.82, 2.24) is 9.88 Å². The average Bonchev–Trinajstić information content (AvgIpc) is 2.90.